The summed E-state index contributed by atoms with van der Waals surface area (Å²) in [5.41, 5.74) is 2.39. The third-order valence-corrected chi connectivity index (χ3v) is 5.04. The first-order valence-electron chi connectivity index (χ1n) is 10.1. The SMILES string of the molecule is CCNC(=NCCC1=CCOCC1)NC1CCCN(c2cccc(F)c2)C1.I. The Balaban J connectivity index is 0.00000280. The predicted octanol–water partition coefficient (Wildman–Crippen LogP) is 3.70. The molecule has 0 radical (unpaired) electrons. The lowest BCUT2D eigenvalue weighted by Crippen LogP contribution is -2.51. The minimum absolute atomic E-state index is 0. The van der Waals surface area contributed by atoms with Crippen LogP contribution in [0.25, 0.3) is 0 Å². The van der Waals surface area contributed by atoms with Gasteiger partial charge in [-0.3, -0.25) is 4.99 Å². The molecule has 28 heavy (non-hydrogen) atoms. The van der Waals surface area contributed by atoms with Gasteiger partial charge in [0.05, 0.1) is 13.2 Å². The fourth-order valence-electron chi connectivity index (χ4n) is 3.62. The highest BCUT2D eigenvalue weighted by molar-refractivity contribution is 14.0. The van der Waals surface area contributed by atoms with E-state index in [0.29, 0.717) is 6.04 Å². The van der Waals surface area contributed by atoms with Crippen LogP contribution in [0.5, 0.6) is 0 Å². The molecule has 2 aliphatic rings. The van der Waals surface area contributed by atoms with Crippen molar-refractivity contribution in [3.63, 3.8) is 0 Å². The van der Waals surface area contributed by atoms with Gasteiger partial charge in [-0.15, -0.1) is 24.0 Å². The zero-order valence-corrected chi connectivity index (χ0v) is 19.0. The Bertz CT molecular complexity index is 668. The average Bonchev–Trinajstić information content (AvgIpc) is 2.69. The number of aliphatic imine (C=N–C) groups is 1. The summed E-state index contributed by atoms with van der Waals surface area (Å²) in [6, 6.07) is 7.17. The summed E-state index contributed by atoms with van der Waals surface area (Å²) in [7, 11) is 0. The maximum absolute atomic E-state index is 13.5. The van der Waals surface area contributed by atoms with Gasteiger partial charge in [-0.1, -0.05) is 17.7 Å². The third-order valence-electron chi connectivity index (χ3n) is 5.04. The first-order valence-corrected chi connectivity index (χ1v) is 10.1. The summed E-state index contributed by atoms with van der Waals surface area (Å²) in [5, 5.41) is 6.92. The minimum atomic E-state index is -0.181. The maximum atomic E-state index is 13.5. The average molecular weight is 502 g/mol. The van der Waals surface area contributed by atoms with Crippen molar-refractivity contribution in [1.82, 2.24) is 10.6 Å². The molecule has 0 amide bonds. The van der Waals surface area contributed by atoms with E-state index in [0.717, 1.165) is 76.7 Å². The van der Waals surface area contributed by atoms with Crippen LogP contribution in [0.1, 0.15) is 32.6 Å². The lowest BCUT2D eigenvalue weighted by molar-refractivity contribution is 0.153. The molecule has 0 spiro atoms. The van der Waals surface area contributed by atoms with Gasteiger partial charge in [-0.25, -0.2) is 4.39 Å². The minimum Gasteiger partial charge on any atom is -0.377 e. The van der Waals surface area contributed by atoms with Gasteiger partial charge in [0, 0.05) is 37.9 Å². The van der Waals surface area contributed by atoms with Crippen molar-refractivity contribution in [1.29, 1.82) is 0 Å². The number of hydrogen-bond donors (Lipinski definition) is 2. The third kappa shape index (κ3) is 7.24. The number of nitrogens with one attached hydrogen (secondary N) is 2. The van der Waals surface area contributed by atoms with E-state index in [1.165, 1.54) is 11.6 Å². The van der Waals surface area contributed by atoms with Crippen LogP contribution in [-0.2, 0) is 4.74 Å². The van der Waals surface area contributed by atoms with E-state index in [-0.39, 0.29) is 29.8 Å². The Morgan fingerprint density at radius 3 is 3.04 bits per heavy atom. The van der Waals surface area contributed by atoms with E-state index in [2.05, 4.69) is 28.5 Å². The topological polar surface area (TPSA) is 48.9 Å². The molecule has 0 saturated carbocycles. The number of benzene rings is 1. The van der Waals surface area contributed by atoms with E-state index in [1.807, 2.05) is 6.07 Å². The summed E-state index contributed by atoms with van der Waals surface area (Å²) in [4.78, 5) is 7.00. The Labute approximate surface area is 184 Å². The number of ether oxygens (including phenoxy) is 1. The van der Waals surface area contributed by atoms with Crippen LogP contribution >= 0.6 is 24.0 Å². The van der Waals surface area contributed by atoms with Gasteiger partial charge in [-0.05, 0) is 50.8 Å². The molecule has 7 heteroatoms. The van der Waals surface area contributed by atoms with Crippen LogP contribution in [0.15, 0.2) is 40.9 Å². The number of rotatable bonds is 6. The molecular weight excluding hydrogens is 470 g/mol. The van der Waals surface area contributed by atoms with Crippen molar-refractivity contribution in [3.8, 4) is 0 Å². The molecule has 0 aromatic heterocycles. The molecule has 1 saturated heterocycles. The van der Waals surface area contributed by atoms with Crippen LogP contribution in [0.3, 0.4) is 0 Å². The smallest absolute Gasteiger partial charge is 0.191 e. The number of piperidine rings is 1. The molecule has 3 rings (SSSR count). The van der Waals surface area contributed by atoms with Crippen molar-refractivity contribution >= 4 is 35.6 Å². The largest absolute Gasteiger partial charge is 0.377 e. The van der Waals surface area contributed by atoms with Crippen LogP contribution in [0, 0.1) is 5.82 Å². The summed E-state index contributed by atoms with van der Waals surface area (Å²) in [5.74, 6) is 0.691. The molecule has 1 atom stereocenters. The van der Waals surface area contributed by atoms with E-state index in [1.54, 1.807) is 12.1 Å². The molecule has 2 heterocycles. The molecule has 1 aromatic carbocycles. The molecule has 1 fully saturated rings. The summed E-state index contributed by atoms with van der Waals surface area (Å²) in [6.07, 6.45) is 6.36. The summed E-state index contributed by atoms with van der Waals surface area (Å²) >= 11 is 0. The number of nitrogens with zero attached hydrogens (tertiary/aromatic N) is 2. The fourth-order valence-corrected chi connectivity index (χ4v) is 3.62. The van der Waals surface area contributed by atoms with Crippen LogP contribution in [-0.4, -0.2) is 51.4 Å². The van der Waals surface area contributed by atoms with Crippen molar-refractivity contribution in [2.24, 2.45) is 4.99 Å². The molecule has 5 nitrogen and oxygen atoms in total. The number of halogens is 2. The maximum Gasteiger partial charge on any atom is 0.191 e. The lowest BCUT2D eigenvalue weighted by Gasteiger charge is -2.35. The molecule has 2 aliphatic heterocycles. The van der Waals surface area contributed by atoms with Crippen molar-refractivity contribution in [2.45, 2.75) is 38.6 Å². The first kappa shape index (κ1) is 22.9. The fraction of sp³-hybridized carbons (Fsp3) is 0.571. The first-order chi connectivity index (χ1) is 13.2. The Morgan fingerprint density at radius 2 is 2.29 bits per heavy atom. The van der Waals surface area contributed by atoms with Gasteiger partial charge < -0.3 is 20.3 Å². The second-order valence-corrected chi connectivity index (χ2v) is 7.11. The second kappa shape index (κ2) is 12.3. The standard InChI is InChI=1S/C21H31FN4O.HI/c1-2-23-21(24-11-8-17-9-13-27-14-10-17)25-19-6-4-12-26(16-19)20-7-3-5-18(22)15-20;/h3,5,7,9,15,19H,2,4,6,8,10-14,16H2,1H3,(H2,23,24,25);1H. The molecule has 1 aromatic rings. The van der Waals surface area contributed by atoms with Gasteiger partial charge in [0.25, 0.3) is 0 Å². The van der Waals surface area contributed by atoms with E-state index in [9.17, 15) is 4.39 Å². The predicted molar refractivity (Wildman–Crippen MR) is 124 cm³/mol. The molecule has 0 bridgehead atoms. The monoisotopic (exact) mass is 502 g/mol. The molecule has 1 unspecified atom stereocenters. The Hall–Kier alpha value is -1.35. The second-order valence-electron chi connectivity index (χ2n) is 7.11. The zero-order valence-electron chi connectivity index (χ0n) is 16.6. The van der Waals surface area contributed by atoms with Crippen LogP contribution in [0.4, 0.5) is 10.1 Å². The van der Waals surface area contributed by atoms with Gasteiger partial charge in [0.1, 0.15) is 5.82 Å². The van der Waals surface area contributed by atoms with Gasteiger partial charge in [-0.2, -0.15) is 0 Å². The number of hydrogen-bond acceptors (Lipinski definition) is 3. The molecule has 2 N–H and O–H groups in total. The van der Waals surface area contributed by atoms with Crippen LogP contribution < -0.4 is 15.5 Å². The number of guanidine groups is 1. The number of anilines is 1. The summed E-state index contributed by atoms with van der Waals surface area (Å²) in [6.45, 7) is 7.07. The summed E-state index contributed by atoms with van der Waals surface area (Å²) < 4.78 is 18.9. The Kier molecular flexibility index (Phi) is 10.0. The Morgan fingerprint density at radius 1 is 1.39 bits per heavy atom. The van der Waals surface area contributed by atoms with Gasteiger partial charge in [0.15, 0.2) is 5.96 Å². The zero-order chi connectivity index (χ0) is 18.9. The van der Waals surface area contributed by atoms with E-state index in [4.69, 9.17) is 9.73 Å². The van der Waals surface area contributed by atoms with Crippen LogP contribution in [0.2, 0.25) is 0 Å². The van der Waals surface area contributed by atoms with Crippen molar-refractivity contribution in [2.75, 3.05) is 44.3 Å². The van der Waals surface area contributed by atoms with Crippen molar-refractivity contribution < 1.29 is 9.13 Å². The highest BCUT2D eigenvalue weighted by Crippen LogP contribution is 2.20. The highest BCUT2D eigenvalue weighted by atomic mass is 127. The molecular formula is C21H32FIN4O. The van der Waals surface area contributed by atoms with E-state index >= 15 is 0 Å². The normalized spacial score (nSPS) is 20.2. The van der Waals surface area contributed by atoms with Gasteiger partial charge in [0.2, 0.25) is 0 Å². The highest BCUT2D eigenvalue weighted by Gasteiger charge is 2.21. The lowest BCUT2D eigenvalue weighted by atomic mass is 10.0. The quantitative estimate of drug-likeness (QED) is 0.270. The molecule has 156 valence electrons. The van der Waals surface area contributed by atoms with E-state index < -0.39 is 0 Å². The van der Waals surface area contributed by atoms with Gasteiger partial charge >= 0.3 is 0 Å². The molecule has 0 aliphatic carbocycles. The van der Waals surface area contributed by atoms with Crippen molar-refractivity contribution in [3.05, 3.63) is 41.7 Å².